The van der Waals surface area contributed by atoms with E-state index in [0.717, 1.165) is 28.5 Å². The lowest BCUT2D eigenvalue weighted by atomic mass is 10.1. The molecule has 5 heteroatoms. The summed E-state index contributed by atoms with van der Waals surface area (Å²) in [5.41, 5.74) is 0. The second kappa shape index (κ2) is 5.74. The Labute approximate surface area is 118 Å². The minimum Gasteiger partial charge on any atom is -0.356 e. The van der Waals surface area contributed by atoms with Crippen LogP contribution in [0.3, 0.4) is 0 Å². The summed E-state index contributed by atoms with van der Waals surface area (Å²) >= 11 is 1.66. The van der Waals surface area contributed by atoms with Gasteiger partial charge in [0.15, 0.2) is 0 Å². The molecule has 0 aliphatic carbocycles. The molecule has 1 unspecified atom stereocenters. The van der Waals surface area contributed by atoms with Crippen LogP contribution in [0.15, 0.2) is 11.4 Å². The molecule has 2 heterocycles. The molecule has 0 fully saturated rings. The smallest absolute Gasteiger partial charge is 0.226 e. The largest absolute Gasteiger partial charge is 0.356 e. The SMILES string of the molecule is CCNc1nc(N(C)C(C)C(C)C)c2ccsc2n1. The summed E-state index contributed by atoms with van der Waals surface area (Å²) in [5, 5.41) is 6.43. The van der Waals surface area contributed by atoms with E-state index < -0.39 is 0 Å². The molecule has 2 aromatic rings. The number of hydrogen-bond acceptors (Lipinski definition) is 5. The number of thiophene rings is 1. The van der Waals surface area contributed by atoms with Gasteiger partial charge in [-0.3, -0.25) is 0 Å². The zero-order valence-corrected chi connectivity index (χ0v) is 13.1. The van der Waals surface area contributed by atoms with Crippen LogP contribution in [-0.2, 0) is 0 Å². The number of anilines is 2. The topological polar surface area (TPSA) is 41.1 Å². The van der Waals surface area contributed by atoms with Crippen molar-refractivity contribution >= 4 is 33.3 Å². The van der Waals surface area contributed by atoms with Crippen LogP contribution in [0.4, 0.5) is 11.8 Å². The third-order valence-electron chi connectivity index (χ3n) is 3.55. The first kappa shape index (κ1) is 14.1. The maximum absolute atomic E-state index is 4.68. The molecule has 0 radical (unpaired) electrons. The lowest BCUT2D eigenvalue weighted by Gasteiger charge is -2.29. The van der Waals surface area contributed by atoms with Crippen LogP contribution >= 0.6 is 11.3 Å². The first-order valence-electron chi connectivity index (χ1n) is 6.76. The second-order valence-electron chi connectivity index (χ2n) is 5.14. The first-order valence-corrected chi connectivity index (χ1v) is 7.64. The summed E-state index contributed by atoms with van der Waals surface area (Å²) in [6, 6.07) is 2.54. The average molecular weight is 278 g/mol. The Balaban J connectivity index is 2.47. The fourth-order valence-corrected chi connectivity index (χ4v) is 2.74. The van der Waals surface area contributed by atoms with Gasteiger partial charge < -0.3 is 10.2 Å². The Morgan fingerprint density at radius 1 is 1.32 bits per heavy atom. The molecule has 0 aliphatic heterocycles. The Morgan fingerprint density at radius 2 is 2.05 bits per heavy atom. The molecule has 0 bridgehead atoms. The van der Waals surface area contributed by atoms with Crippen molar-refractivity contribution in [1.29, 1.82) is 0 Å². The van der Waals surface area contributed by atoms with Crippen LogP contribution < -0.4 is 10.2 Å². The summed E-state index contributed by atoms with van der Waals surface area (Å²) in [5.74, 6) is 2.31. The van der Waals surface area contributed by atoms with Crippen LogP contribution in [0, 0.1) is 5.92 Å². The summed E-state index contributed by atoms with van der Waals surface area (Å²) in [6.07, 6.45) is 0. The highest BCUT2D eigenvalue weighted by Crippen LogP contribution is 2.30. The van der Waals surface area contributed by atoms with Gasteiger partial charge in [-0.1, -0.05) is 13.8 Å². The molecule has 1 N–H and O–H groups in total. The molecule has 2 rings (SSSR count). The van der Waals surface area contributed by atoms with Crippen LogP contribution in [0.2, 0.25) is 0 Å². The number of nitrogens with one attached hydrogen (secondary N) is 1. The zero-order valence-electron chi connectivity index (χ0n) is 12.3. The van der Waals surface area contributed by atoms with Gasteiger partial charge in [-0.05, 0) is 31.2 Å². The minimum atomic E-state index is 0.437. The Morgan fingerprint density at radius 3 is 2.68 bits per heavy atom. The van der Waals surface area contributed by atoms with E-state index >= 15 is 0 Å². The van der Waals surface area contributed by atoms with E-state index in [1.807, 2.05) is 0 Å². The highest BCUT2D eigenvalue weighted by atomic mass is 32.1. The van der Waals surface area contributed by atoms with Gasteiger partial charge in [0, 0.05) is 19.6 Å². The zero-order chi connectivity index (χ0) is 14.0. The van der Waals surface area contributed by atoms with Gasteiger partial charge in [0.25, 0.3) is 0 Å². The monoisotopic (exact) mass is 278 g/mol. The van der Waals surface area contributed by atoms with Gasteiger partial charge in [0.1, 0.15) is 10.6 Å². The number of fused-ring (bicyclic) bond motifs is 1. The van der Waals surface area contributed by atoms with Crippen molar-refractivity contribution in [2.45, 2.75) is 33.7 Å². The molecule has 0 amide bonds. The van der Waals surface area contributed by atoms with Gasteiger partial charge in [-0.15, -0.1) is 11.3 Å². The van der Waals surface area contributed by atoms with Crippen LogP contribution in [-0.4, -0.2) is 29.6 Å². The minimum absolute atomic E-state index is 0.437. The Kier molecular flexibility index (Phi) is 4.24. The summed E-state index contributed by atoms with van der Waals surface area (Å²) in [6.45, 7) is 9.59. The van der Waals surface area contributed by atoms with Gasteiger partial charge in [0.05, 0.1) is 5.39 Å². The molecular weight excluding hydrogens is 256 g/mol. The van der Waals surface area contributed by atoms with E-state index in [0.29, 0.717) is 12.0 Å². The molecule has 2 aromatic heterocycles. The average Bonchev–Trinajstić information content (AvgIpc) is 2.84. The lowest BCUT2D eigenvalue weighted by molar-refractivity contribution is 0.503. The first-order chi connectivity index (χ1) is 9.04. The highest BCUT2D eigenvalue weighted by Gasteiger charge is 2.19. The molecule has 0 saturated heterocycles. The van der Waals surface area contributed by atoms with E-state index in [1.165, 1.54) is 0 Å². The van der Waals surface area contributed by atoms with Crippen LogP contribution in [0.25, 0.3) is 10.2 Å². The van der Waals surface area contributed by atoms with Crippen molar-refractivity contribution in [3.8, 4) is 0 Å². The van der Waals surface area contributed by atoms with Crippen molar-refractivity contribution in [3.63, 3.8) is 0 Å². The summed E-state index contributed by atoms with van der Waals surface area (Å²) in [4.78, 5) is 12.5. The maximum Gasteiger partial charge on any atom is 0.226 e. The normalized spacial score (nSPS) is 12.9. The molecule has 0 aromatic carbocycles. The van der Waals surface area contributed by atoms with Crippen LogP contribution in [0.1, 0.15) is 27.7 Å². The number of nitrogens with zero attached hydrogens (tertiary/aromatic N) is 3. The molecule has 104 valence electrons. The Hall–Kier alpha value is -1.36. The third-order valence-corrected chi connectivity index (χ3v) is 4.36. The summed E-state index contributed by atoms with van der Waals surface area (Å²) < 4.78 is 0. The van der Waals surface area contributed by atoms with E-state index in [2.05, 4.69) is 66.4 Å². The standard InChI is InChI=1S/C14H22N4S/c1-6-15-14-16-12(18(5)10(4)9(2)3)11-7-8-19-13(11)17-14/h7-10H,6H2,1-5H3,(H,15,16,17). The molecule has 4 nitrogen and oxygen atoms in total. The van der Waals surface area contributed by atoms with Gasteiger partial charge in [-0.25, -0.2) is 4.98 Å². The van der Waals surface area contributed by atoms with Crippen LogP contribution in [0.5, 0.6) is 0 Å². The van der Waals surface area contributed by atoms with Gasteiger partial charge in [0.2, 0.25) is 5.95 Å². The van der Waals surface area contributed by atoms with Crippen molar-refractivity contribution in [2.24, 2.45) is 5.92 Å². The fraction of sp³-hybridized carbons (Fsp3) is 0.571. The molecule has 0 spiro atoms. The second-order valence-corrected chi connectivity index (χ2v) is 6.03. The predicted molar refractivity (Wildman–Crippen MR) is 84.3 cm³/mol. The number of rotatable bonds is 5. The number of hydrogen-bond donors (Lipinski definition) is 1. The molecule has 0 aliphatic rings. The third kappa shape index (κ3) is 2.81. The predicted octanol–water partition coefficient (Wildman–Crippen LogP) is 3.60. The van der Waals surface area contributed by atoms with Gasteiger partial charge in [-0.2, -0.15) is 4.98 Å². The highest BCUT2D eigenvalue weighted by molar-refractivity contribution is 7.16. The molecular formula is C14H22N4S. The van der Waals surface area contributed by atoms with E-state index in [4.69, 9.17) is 0 Å². The quantitative estimate of drug-likeness (QED) is 0.907. The number of aromatic nitrogens is 2. The van der Waals surface area contributed by atoms with E-state index in [-0.39, 0.29) is 0 Å². The maximum atomic E-state index is 4.68. The van der Waals surface area contributed by atoms with Crippen molar-refractivity contribution in [3.05, 3.63) is 11.4 Å². The molecule has 19 heavy (non-hydrogen) atoms. The van der Waals surface area contributed by atoms with E-state index in [9.17, 15) is 0 Å². The Bertz CT molecular complexity index is 549. The lowest BCUT2D eigenvalue weighted by Crippen LogP contribution is -2.34. The fourth-order valence-electron chi connectivity index (χ4n) is 1.99. The van der Waals surface area contributed by atoms with Crippen molar-refractivity contribution in [2.75, 3.05) is 23.8 Å². The summed E-state index contributed by atoms with van der Waals surface area (Å²) in [7, 11) is 2.11. The van der Waals surface area contributed by atoms with Crippen molar-refractivity contribution in [1.82, 2.24) is 9.97 Å². The van der Waals surface area contributed by atoms with E-state index in [1.54, 1.807) is 11.3 Å². The molecule has 0 saturated carbocycles. The van der Waals surface area contributed by atoms with Gasteiger partial charge >= 0.3 is 0 Å². The van der Waals surface area contributed by atoms with Crippen molar-refractivity contribution < 1.29 is 0 Å². The molecule has 1 atom stereocenters.